The molecule has 4 heteroatoms. The quantitative estimate of drug-likeness (QED) is 0.565. The molecule has 0 saturated heterocycles. The van der Waals surface area contributed by atoms with Crippen molar-refractivity contribution in [3.05, 3.63) is 48.0 Å². The van der Waals surface area contributed by atoms with Crippen molar-refractivity contribution in [3.63, 3.8) is 0 Å². The first-order chi connectivity index (χ1) is 7.67. The monoisotopic (exact) mass is 220 g/mol. The molecule has 0 aliphatic heterocycles. The van der Waals surface area contributed by atoms with Crippen LogP contribution in [0.4, 0.5) is 0 Å². The molecule has 0 unspecified atom stereocenters. The lowest BCUT2D eigenvalue weighted by Crippen LogP contribution is -2.35. The second-order valence-electron chi connectivity index (χ2n) is 3.56. The van der Waals surface area contributed by atoms with Gasteiger partial charge in [-0.05, 0) is 24.0 Å². The van der Waals surface area contributed by atoms with Gasteiger partial charge in [0.1, 0.15) is 6.04 Å². The molecular formula is C12H16N2O2. The topological polar surface area (TPSA) is 78.3 Å². The van der Waals surface area contributed by atoms with E-state index in [1.165, 1.54) is 5.56 Å². The first kappa shape index (κ1) is 12.4. The lowest BCUT2D eigenvalue weighted by molar-refractivity contribution is -0.145. The third-order valence-electron chi connectivity index (χ3n) is 2.28. The summed E-state index contributed by atoms with van der Waals surface area (Å²) in [6.45, 7) is 3.67. The zero-order chi connectivity index (χ0) is 12.0. The fraction of sp³-hybridized carbons (Fsp3) is 0.250. The fourth-order valence-corrected chi connectivity index (χ4v) is 1.40. The predicted octanol–water partition coefficient (Wildman–Crippen LogP) is 0.702. The second kappa shape index (κ2) is 6.05. The number of hydrogen-bond acceptors (Lipinski definition) is 4. The standard InChI is InChI=1S/C12H16N2O2/c1-2-3-9-4-6-10(7-5-9)8-11(13)12(15)16-14/h2,4-7,11H,1,3,8,13-14H2/t11-/m0/s1. The third-order valence-corrected chi connectivity index (χ3v) is 2.28. The van der Waals surface area contributed by atoms with Gasteiger partial charge in [-0.15, -0.1) is 6.58 Å². The lowest BCUT2D eigenvalue weighted by atomic mass is 10.0. The van der Waals surface area contributed by atoms with Crippen molar-refractivity contribution < 1.29 is 9.63 Å². The summed E-state index contributed by atoms with van der Waals surface area (Å²) in [6.07, 6.45) is 3.09. The molecule has 0 spiro atoms. The molecule has 1 atom stereocenters. The van der Waals surface area contributed by atoms with Gasteiger partial charge in [-0.2, -0.15) is 5.90 Å². The third kappa shape index (κ3) is 3.49. The van der Waals surface area contributed by atoms with E-state index >= 15 is 0 Å². The number of benzene rings is 1. The smallest absolute Gasteiger partial charge is 0.341 e. The van der Waals surface area contributed by atoms with E-state index in [1.54, 1.807) is 0 Å². The van der Waals surface area contributed by atoms with E-state index in [-0.39, 0.29) is 0 Å². The molecule has 0 heterocycles. The average molecular weight is 220 g/mol. The van der Waals surface area contributed by atoms with Gasteiger partial charge in [0.2, 0.25) is 0 Å². The van der Waals surface area contributed by atoms with Gasteiger partial charge >= 0.3 is 5.97 Å². The molecule has 16 heavy (non-hydrogen) atoms. The SMILES string of the molecule is C=CCc1ccc(C[C@H](N)C(=O)ON)cc1. The Hall–Kier alpha value is -1.65. The van der Waals surface area contributed by atoms with Crippen LogP contribution in [0.3, 0.4) is 0 Å². The van der Waals surface area contributed by atoms with Crippen molar-refractivity contribution in [2.75, 3.05) is 0 Å². The number of hydrogen-bond donors (Lipinski definition) is 2. The molecule has 0 amide bonds. The molecule has 86 valence electrons. The molecule has 0 radical (unpaired) electrons. The minimum atomic E-state index is -0.713. The molecule has 1 aromatic rings. The van der Waals surface area contributed by atoms with Gasteiger partial charge in [0.25, 0.3) is 0 Å². The van der Waals surface area contributed by atoms with E-state index in [0.29, 0.717) is 6.42 Å². The summed E-state index contributed by atoms with van der Waals surface area (Å²) < 4.78 is 0. The van der Waals surface area contributed by atoms with Crippen LogP contribution in [0.5, 0.6) is 0 Å². The van der Waals surface area contributed by atoms with Gasteiger partial charge in [0, 0.05) is 0 Å². The highest BCUT2D eigenvalue weighted by Gasteiger charge is 2.14. The molecule has 0 aromatic heterocycles. The van der Waals surface area contributed by atoms with Crippen molar-refractivity contribution in [1.82, 2.24) is 0 Å². The average Bonchev–Trinajstić information content (AvgIpc) is 2.31. The largest absolute Gasteiger partial charge is 0.372 e. The van der Waals surface area contributed by atoms with Crippen LogP contribution in [0, 0.1) is 0 Å². The van der Waals surface area contributed by atoms with E-state index in [1.807, 2.05) is 30.3 Å². The van der Waals surface area contributed by atoms with Crippen molar-refractivity contribution in [2.45, 2.75) is 18.9 Å². The highest BCUT2D eigenvalue weighted by Crippen LogP contribution is 2.07. The number of carbonyl (C=O) groups is 1. The second-order valence-corrected chi connectivity index (χ2v) is 3.56. The molecule has 0 bridgehead atoms. The Kier molecular flexibility index (Phi) is 4.69. The minimum Gasteiger partial charge on any atom is -0.372 e. The maximum Gasteiger partial charge on any atom is 0.341 e. The number of nitrogens with two attached hydrogens (primary N) is 2. The zero-order valence-electron chi connectivity index (χ0n) is 9.06. The van der Waals surface area contributed by atoms with Crippen LogP contribution >= 0.6 is 0 Å². The first-order valence-electron chi connectivity index (χ1n) is 5.02. The van der Waals surface area contributed by atoms with Crippen LogP contribution in [0.25, 0.3) is 0 Å². The van der Waals surface area contributed by atoms with Crippen molar-refractivity contribution >= 4 is 5.97 Å². The van der Waals surface area contributed by atoms with Crippen molar-refractivity contribution in [3.8, 4) is 0 Å². The Morgan fingerprint density at radius 2 is 1.94 bits per heavy atom. The summed E-state index contributed by atoms with van der Waals surface area (Å²) in [6, 6.07) is 7.12. The summed E-state index contributed by atoms with van der Waals surface area (Å²) in [5.74, 6) is 4.15. The maximum atomic E-state index is 11.0. The van der Waals surface area contributed by atoms with E-state index in [4.69, 9.17) is 11.6 Å². The van der Waals surface area contributed by atoms with Gasteiger partial charge in [0.05, 0.1) is 0 Å². The Morgan fingerprint density at radius 3 is 2.44 bits per heavy atom. The Labute approximate surface area is 94.8 Å². The molecule has 0 aliphatic carbocycles. The number of rotatable bonds is 5. The van der Waals surface area contributed by atoms with Gasteiger partial charge in [0.15, 0.2) is 0 Å². The van der Waals surface area contributed by atoms with Crippen LogP contribution in [-0.4, -0.2) is 12.0 Å². The molecular weight excluding hydrogens is 204 g/mol. The Balaban J connectivity index is 2.61. The molecule has 0 fully saturated rings. The zero-order valence-corrected chi connectivity index (χ0v) is 9.06. The predicted molar refractivity (Wildman–Crippen MR) is 62.3 cm³/mol. The highest BCUT2D eigenvalue weighted by molar-refractivity contribution is 5.75. The molecule has 4 nitrogen and oxygen atoms in total. The van der Waals surface area contributed by atoms with Crippen LogP contribution < -0.4 is 11.6 Å². The van der Waals surface area contributed by atoms with Gasteiger partial charge < -0.3 is 10.6 Å². The highest BCUT2D eigenvalue weighted by atomic mass is 16.7. The summed E-state index contributed by atoms with van der Waals surface area (Å²) in [5.41, 5.74) is 7.74. The maximum absolute atomic E-state index is 11.0. The van der Waals surface area contributed by atoms with E-state index in [2.05, 4.69) is 11.4 Å². The normalized spacial score (nSPS) is 11.9. The van der Waals surface area contributed by atoms with Crippen LogP contribution in [-0.2, 0) is 22.5 Å². The van der Waals surface area contributed by atoms with E-state index < -0.39 is 12.0 Å². The summed E-state index contributed by atoms with van der Waals surface area (Å²) in [5, 5.41) is 0. The Morgan fingerprint density at radius 1 is 1.38 bits per heavy atom. The fourth-order valence-electron chi connectivity index (χ4n) is 1.40. The minimum absolute atomic E-state index is 0.421. The van der Waals surface area contributed by atoms with Crippen molar-refractivity contribution in [1.29, 1.82) is 0 Å². The van der Waals surface area contributed by atoms with Gasteiger partial charge in [-0.1, -0.05) is 30.3 Å². The van der Waals surface area contributed by atoms with Gasteiger partial charge in [-0.3, -0.25) is 0 Å². The lowest BCUT2D eigenvalue weighted by Gasteiger charge is -2.08. The number of carbonyl (C=O) groups excluding carboxylic acids is 1. The van der Waals surface area contributed by atoms with Gasteiger partial charge in [-0.25, -0.2) is 4.79 Å². The summed E-state index contributed by atoms with van der Waals surface area (Å²) >= 11 is 0. The van der Waals surface area contributed by atoms with Crippen LogP contribution in [0.1, 0.15) is 11.1 Å². The van der Waals surface area contributed by atoms with Crippen LogP contribution in [0.15, 0.2) is 36.9 Å². The summed E-state index contributed by atoms with van der Waals surface area (Å²) in [7, 11) is 0. The molecule has 4 N–H and O–H groups in total. The van der Waals surface area contributed by atoms with E-state index in [0.717, 1.165) is 12.0 Å². The van der Waals surface area contributed by atoms with E-state index in [9.17, 15) is 4.79 Å². The molecule has 1 aromatic carbocycles. The first-order valence-corrected chi connectivity index (χ1v) is 5.02. The summed E-state index contributed by atoms with van der Waals surface area (Å²) in [4.78, 5) is 15.1. The molecule has 0 saturated carbocycles. The van der Waals surface area contributed by atoms with Crippen LogP contribution in [0.2, 0.25) is 0 Å². The number of allylic oxidation sites excluding steroid dienone is 1. The Bertz CT molecular complexity index is 360. The van der Waals surface area contributed by atoms with Crippen molar-refractivity contribution in [2.24, 2.45) is 11.6 Å². The molecule has 0 aliphatic rings. The molecule has 1 rings (SSSR count).